The van der Waals surface area contributed by atoms with Crippen LogP contribution in [0.3, 0.4) is 0 Å². The summed E-state index contributed by atoms with van der Waals surface area (Å²) in [7, 11) is 0. The lowest BCUT2D eigenvalue weighted by molar-refractivity contribution is -0.122. The van der Waals surface area contributed by atoms with E-state index in [9.17, 15) is 4.79 Å². The van der Waals surface area contributed by atoms with E-state index < -0.39 is 6.10 Å². The van der Waals surface area contributed by atoms with Crippen molar-refractivity contribution >= 4 is 23.2 Å². The van der Waals surface area contributed by atoms with E-state index >= 15 is 0 Å². The Morgan fingerprint density at radius 2 is 1.95 bits per heavy atom. The average Bonchev–Trinajstić information content (AvgIpc) is 2.44. The van der Waals surface area contributed by atoms with E-state index in [1.807, 2.05) is 13.0 Å². The molecule has 0 radical (unpaired) electrons. The first kappa shape index (κ1) is 14.3. The average molecular weight is 291 g/mol. The highest BCUT2D eigenvalue weighted by molar-refractivity contribution is 6.30. The normalized spacial score (nSPS) is 11.8. The maximum absolute atomic E-state index is 12.0. The Labute approximate surface area is 122 Å². The van der Waals surface area contributed by atoms with Gasteiger partial charge in [-0.3, -0.25) is 9.78 Å². The summed E-state index contributed by atoms with van der Waals surface area (Å²) in [4.78, 5) is 16.1. The van der Waals surface area contributed by atoms with Crippen LogP contribution in [0.1, 0.15) is 12.6 Å². The van der Waals surface area contributed by atoms with Gasteiger partial charge in [-0.25, -0.2) is 0 Å². The molecule has 2 aromatic rings. The van der Waals surface area contributed by atoms with Gasteiger partial charge in [0.1, 0.15) is 5.75 Å². The summed E-state index contributed by atoms with van der Waals surface area (Å²) in [6, 6.07) is 10.5. The fourth-order valence-corrected chi connectivity index (χ4v) is 1.68. The van der Waals surface area contributed by atoms with E-state index in [1.165, 1.54) is 0 Å². The monoisotopic (exact) mass is 290 g/mol. The maximum Gasteiger partial charge on any atom is 0.265 e. The number of aryl methyl sites for hydroxylation is 1. The van der Waals surface area contributed by atoms with Crippen molar-refractivity contribution in [2.75, 3.05) is 5.32 Å². The molecule has 1 amide bonds. The van der Waals surface area contributed by atoms with Crippen LogP contribution in [-0.2, 0) is 4.79 Å². The van der Waals surface area contributed by atoms with Gasteiger partial charge in [0.25, 0.3) is 5.91 Å². The number of amides is 1. The molecule has 1 N–H and O–H groups in total. The van der Waals surface area contributed by atoms with Crippen molar-refractivity contribution < 1.29 is 9.53 Å². The number of hydrogen-bond acceptors (Lipinski definition) is 3. The molecule has 1 heterocycles. The van der Waals surface area contributed by atoms with Crippen LogP contribution < -0.4 is 10.1 Å². The second-order valence-corrected chi connectivity index (χ2v) is 4.83. The van der Waals surface area contributed by atoms with Gasteiger partial charge in [-0.15, -0.1) is 0 Å². The Hall–Kier alpha value is -2.07. The van der Waals surface area contributed by atoms with Crippen molar-refractivity contribution in [1.29, 1.82) is 0 Å². The molecular formula is C15H15ClN2O2. The Morgan fingerprint density at radius 3 is 2.55 bits per heavy atom. The first-order valence-corrected chi connectivity index (χ1v) is 6.58. The van der Waals surface area contributed by atoms with Gasteiger partial charge < -0.3 is 10.1 Å². The van der Waals surface area contributed by atoms with E-state index in [-0.39, 0.29) is 5.91 Å². The predicted molar refractivity (Wildman–Crippen MR) is 79.1 cm³/mol. The van der Waals surface area contributed by atoms with E-state index in [0.29, 0.717) is 16.5 Å². The SMILES string of the molecule is Cc1ccc(NC(=O)C(C)Oc2ccc(Cl)cc2)cn1. The van der Waals surface area contributed by atoms with Gasteiger partial charge in [0.05, 0.1) is 11.9 Å². The molecule has 0 aliphatic heterocycles. The summed E-state index contributed by atoms with van der Waals surface area (Å²) >= 11 is 5.79. The molecule has 0 aliphatic rings. The van der Waals surface area contributed by atoms with Crippen molar-refractivity contribution in [2.45, 2.75) is 20.0 Å². The molecule has 0 saturated carbocycles. The standard InChI is InChI=1S/C15H15ClN2O2/c1-10-3-6-13(9-17-10)18-15(19)11(2)20-14-7-4-12(16)5-8-14/h3-9,11H,1-2H3,(H,18,19). The number of aromatic nitrogens is 1. The van der Waals surface area contributed by atoms with Crippen LogP contribution in [0.15, 0.2) is 42.6 Å². The highest BCUT2D eigenvalue weighted by Gasteiger charge is 2.14. The molecule has 5 heteroatoms. The fourth-order valence-electron chi connectivity index (χ4n) is 1.56. The molecule has 20 heavy (non-hydrogen) atoms. The molecule has 0 saturated heterocycles. The third-order valence-corrected chi connectivity index (χ3v) is 2.93. The summed E-state index contributed by atoms with van der Waals surface area (Å²) in [5.74, 6) is 0.365. The maximum atomic E-state index is 12.0. The van der Waals surface area contributed by atoms with E-state index in [2.05, 4.69) is 10.3 Å². The van der Waals surface area contributed by atoms with Gasteiger partial charge in [0, 0.05) is 10.7 Å². The third-order valence-electron chi connectivity index (χ3n) is 2.67. The van der Waals surface area contributed by atoms with Gasteiger partial charge in [0.2, 0.25) is 0 Å². The van der Waals surface area contributed by atoms with Crippen LogP contribution in [0.4, 0.5) is 5.69 Å². The predicted octanol–water partition coefficient (Wildman–Crippen LogP) is 3.45. The minimum atomic E-state index is -0.613. The largest absolute Gasteiger partial charge is 0.481 e. The van der Waals surface area contributed by atoms with Crippen LogP contribution in [0.25, 0.3) is 0 Å². The van der Waals surface area contributed by atoms with Gasteiger partial charge in [-0.1, -0.05) is 11.6 Å². The smallest absolute Gasteiger partial charge is 0.265 e. The van der Waals surface area contributed by atoms with Gasteiger partial charge >= 0.3 is 0 Å². The zero-order valence-corrected chi connectivity index (χ0v) is 12.0. The Bertz CT molecular complexity index is 582. The molecule has 0 fully saturated rings. The molecule has 4 nitrogen and oxygen atoms in total. The van der Waals surface area contributed by atoms with E-state index in [4.69, 9.17) is 16.3 Å². The number of pyridine rings is 1. The lowest BCUT2D eigenvalue weighted by Crippen LogP contribution is -2.30. The summed E-state index contributed by atoms with van der Waals surface area (Å²) in [6.07, 6.45) is 1.000. The van der Waals surface area contributed by atoms with E-state index in [1.54, 1.807) is 43.5 Å². The van der Waals surface area contributed by atoms with Crippen LogP contribution in [0.2, 0.25) is 5.02 Å². The third kappa shape index (κ3) is 3.96. The molecule has 2 rings (SSSR count). The van der Waals surface area contributed by atoms with Crippen LogP contribution >= 0.6 is 11.6 Å². The Morgan fingerprint density at radius 1 is 1.25 bits per heavy atom. The number of rotatable bonds is 4. The van der Waals surface area contributed by atoms with Gasteiger partial charge in [-0.2, -0.15) is 0 Å². The topological polar surface area (TPSA) is 51.2 Å². The molecule has 0 aliphatic carbocycles. The number of benzene rings is 1. The number of nitrogens with zero attached hydrogens (tertiary/aromatic N) is 1. The number of ether oxygens (including phenoxy) is 1. The number of nitrogens with one attached hydrogen (secondary N) is 1. The van der Waals surface area contributed by atoms with Crippen molar-refractivity contribution in [3.8, 4) is 5.75 Å². The molecule has 0 spiro atoms. The first-order valence-electron chi connectivity index (χ1n) is 6.20. The van der Waals surface area contributed by atoms with Crippen molar-refractivity contribution in [3.05, 3.63) is 53.3 Å². The molecule has 1 unspecified atom stereocenters. The highest BCUT2D eigenvalue weighted by atomic mass is 35.5. The van der Waals surface area contributed by atoms with Crippen LogP contribution in [0.5, 0.6) is 5.75 Å². The first-order chi connectivity index (χ1) is 9.54. The number of carbonyl (C=O) groups is 1. The molecule has 1 aromatic heterocycles. The minimum absolute atomic E-state index is 0.231. The van der Waals surface area contributed by atoms with Gasteiger partial charge in [-0.05, 0) is 50.2 Å². The highest BCUT2D eigenvalue weighted by Crippen LogP contribution is 2.17. The fraction of sp³-hybridized carbons (Fsp3) is 0.200. The number of carbonyl (C=O) groups excluding carboxylic acids is 1. The van der Waals surface area contributed by atoms with Crippen molar-refractivity contribution in [1.82, 2.24) is 4.98 Å². The summed E-state index contributed by atoms with van der Waals surface area (Å²) in [5, 5.41) is 3.37. The minimum Gasteiger partial charge on any atom is -0.481 e. The van der Waals surface area contributed by atoms with Crippen molar-refractivity contribution in [2.24, 2.45) is 0 Å². The number of hydrogen-bond donors (Lipinski definition) is 1. The molecular weight excluding hydrogens is 276 g/mol. The lowest BCUT2D eigenvalue weighted by Gasteiger charge is -2.14. The van der Waals surface area contributed by atoms with Crippen LogP contribution in [-0.4, -0.2) is 17.0 Å². The summed E-state index contributed by atoms with van der Waals surface area (Å²) in [5.41, 5.74) is 1.54. The molecule has 0 bridgehead atoms. The van der Waals surface area contributed by atoms with E-state index in [0.717, 1.165) is 5.69 Å². The zero-order chi connectivity index (χ0) is 14.5. The van der Waals surface area contributed by atoms with Crippen LogP contribution in [0, 0.1) is 6.92 Å². The Balaban J connectivity index is 1.94. The molecule has 104 valence electrons. The zero-order valence-electron chi connectivity index (χ0n) is 11.3. The summed E-state index contributed by atoms with van der Waals surface area (Å²) < 4.78 is 5.54. The van der Waals surface area contributed by atoms with Gasteiger partial charge in [0.15, 0.2) is 6.10 Å². The lowest BCUT2D eigenvalue weighted by atomic mass is 10.3. The van der Waals surface area contributed by atoms with Crippen molar-refractivity contribution in [3.63, 3.8) is 0 Å². The number of anilines is 1. The second kappa shape index (κ2) is 6.39. The molecule has 1 aromatic carbocycles. The second-order valence-electron chi connectivity index (χ2n) is 4.39. The quantitative estimate of drug-likeness (QED) is 0.938. The number of halogens is 1. The Kier molecular flexibility index (Phi) is 4.58. The molecule has 1 atom stereocenters. The summed E-state index contributed by atoms with van der Waals surface area (Å²) in [6.45, 7) is 3.57.